The van der Waals surface area contributed by atoms with Crippen LogP contribution in [0.5, 0.6) is 0 Å². The quantitative estimate of drug-likeness (QED) is 0.174. The van der Waals surface area contributed by atoms with Gasteiger partial charge in [0.1, 0.15) is 18.1 Å². The molecular weight excluding hydrogens is 400 g/mol. The first kappa shape index (κ1) is 27.3. The Morgan fingerprint density at radius 2 is 1.43 bits per heavy atom. The predicted octanol–water partition coefficient (Wildman–Crippen LogP) is -1.84. The highest BCUT2D eigenvalue weighted by Crippen LogP contribution is 2.04. The highest BCUT2D eigenvalue weighted by Gasteiger charge is 2.31. The number of carboxylic acids is 2. The van der Waals surface area contributed by atoms with Crippen molar-refractivity contribution in [1.82, 2.24) is 16.0 Å². The molecule has 12 nitrogen and oxygen atoms in total. The van der Waals surface area contributed by atoms with Gasteiger partial charge in [0, 0.05) is 6.42 Å². The molecular formula is C18H32N4O8. The fourth-order valence-corrected chi connectivity index (χ4v) is 2.47. The van der Waals surface area contributed by atoms with Gasteiger partial charge >= 0.3 is 11.9 Å². The summed E-state index contributed by atoms with van der Waals surface area (Å²) in [5.74, 6) is -4.88. The third-order valence-electron chi connectivity index (χ3n) is 4.14. The van der Waals surface area contributed by atoms with E-state index < -0.39 is 66.4 Å². The average molecular weight is 432 g/mol. The molecule has 30 heavy (non-hydrogen) atoms. The fraction of sp³-hybridized carbons (Fsp3) is 0.722. The number of carbonyl (C=O) groups is 5. The zero-order valence-electron chi connectivity index (χ0n) is 17.5. The zero-order valence-corrected chi connectivity index (χ0v) is 17.5. The van der Waals surface area contributed by atoms with Gasteiger partial charge in [0.2, 0.25) is 17.7 Å². The van der Waals surface area contributed by atoms with E-state index in [4.69, 9.17) is 15.9 Å². The van der Waals surface area contributed by atoms with E-state index in [-0.39, 0.29) is 12.3 Å². The van der Waals surface area contributed by atoms with Gasteiger partial charge in [0.05, 0.1) is 12.1 Å². The maximum absolute atomic E-state index is 12.4. The van der Waals surface area contributed by atoms with Crippen molar-refractivity contribution in [3.63, 3.8) is 0 Å². The minimum Gasteiger partial charge on any atom is -0.481 e. The van der Waals surface area contributed by atoms with Crippen molar-refractivity contribution in [2.24, 2.45) is 11.7 Å². The van der Waals surface area contributed by atoms with Crippen molar-refractivity contribution in [2.75, 3.05) is 0 Å². The molecule has 0 rings (SSSR count). The number of hydrogen-bond donors (Lipinski definition) is 7. The number of aliphatic hydroxyl groups is 1. The highest BCUT2D eigenvalue weighted by molar-refractivity contribution is 5.94. The molecule has 12 heteroatoms. The van der Waals surface area contributed by atoms with E-state index in [2.05, 4.69) is 16.0 Å². The van der Waals surface area contributed by atoms with Crippen molar-refractivity contribution < 1.29 is 39.3 Å². The topological polar surface area (TPSA) is 208 Å². The van der Waals surface area contributed by atoms with Crippen LogP contribution in [-0.2, 0) is 24.0 Å². The van der Waals surface area contributed by atoms with Crippen LogP contribution < -0.4 is 21.7 Å². The Morgan fingerprint density at radius 3 is 1.87 bits per heavy atom. The molecule has 0 fully saturated rings. The molecule has 0 saturated carbocycles. The standard InChI is InChI=1S/C18H32N4O8/c1-8(2)7-11(19)16(27)20-9(3)15(26)22-14(10(4)23)17(28)21-12(18(29)30)5-6-13(24)25/h8-12,14,23H,5-7,19H2,1-4H3,(H,20,27)(H,21,28)(H,22,26)(H,24,25)(H,29,30). The lowest BCUT2D eigenvalue weighted by atomic mass is 10.0. The fourth-order valence-electron chi connectivity index (χ4n) is 2.47. The smallest absolute Gasteiger partial charge is 0.326 e. The van der Waals surface area contributed by atoms with Crippen LogP contribution in [0.25, 0.3) is 0 Å². The molecule has 5 unspecified atom stereocenters. The summed E-state index contributed by atoms with van der Waals surface area (Å²) in [5, 5.41) is 34.4. The van der Waals surface area contributed by atoms with Crippen molar-refractivity contribution >= 4 is 29.7 Å². The Kier molecular flexibility index (Phi) is 11.6. The van der Waals surface area contributed by atoms with Gasteiger partial charge in [-0.15, -0.1) is 0 Å². The van der Waals surface area contributed by atoms with Crippen LogP contribution in [0.3, 0.4) is 0 Å². The van der Waals surface area contributed by atoms with Gasteiger partial charge in [0.15, 0.2) is 0 Å². The van der Waals surface area contributed by atoms with Crippen LogP contribution in [0, 0.1) is 5.92 Å². The third-order valence-corrected chi connectivity index (χ3v) is 4.14. The second-order valence-corrected chi connectivity index (χ2v) is 7.53. The van der Waals surface area contributed by atoms with E-state index in [1.54, 1.807) is 0 Å². The second-order valence-electron chi connectivity index (χ2n) is 7.53. The molecule has 0 bridgehead atoms. The summed E-state index contributed by atoms with van der Waals surface area (Å²) in [5.41, 5.74) is 5.75. The lowest BCUT2D eigenvalue weighted by Gasteiger charge is -2.25. The summed E-state index contributed by atoms with van der Waals surface area (Å²) in [6, 6.07) is -4.93. The molecule has 0 heterocycles. The van der Waals surface area contributed by atoms with Crippen LogP contribution in [0.15, 0.2) is 0 Å². The largest absolute Gasteiger partial charge is 0.481 e. The van der Waals surface area contributed by atoms with E-state index in [1.165, 1.54) is 13.8 Å². The molecule has 3 amide bonds. The van der Waals surface area contributed by atoms with Gasteiger partial charge < -0.3 is 37.0 Å². The first-order valence-corrected chi connectivity index (χ1v) is 9.55. The Morgan fingerprint density at radius 1 is 0.867 bits per heavy atom. The van der Waals surface area contributed by atoms with Gasteiger partial charge in [0.25, 0.3) is 0 Å². The number of amides is 3. The van der Waals surface area contributed by atoms with Gasteiger partial charge in [-0.1, -0.05) is 13.8 Å². The zero-order chi connectivity index (χ0) is 23.6. The van der Waals surface area contributed by atoms with Gasteiger partial charge in [-0.2, -0.15) is 0 Å². The predicted molar refractivity (Wildman–Crippen MR) is 105 cm³/mol. The molecule has 0 aromatic heterocycles. The molecule has 0 saturated heterocycles. The molecule has 0 aromatic carbocycles. The van der Waals surface area contributed by atoms with Crippen LogP contribution in [0.1, 0.15) is 47.0 Å². The van der Waals surface area contributed by atoms with Crippen LogP contribution in [0.4, 0.5) is 0 Å². The van der Waals surface area contributed by atoms with E-state index in [9.17, 15) is 29.1 Å². The van der Waals surface area contributed by atoms with Crippen LogP contribution in [-0.4, -0.2) is 75.3 Å². The molecule has 172 valence electrons. The first-order valence-electron chi connectivity index (χ1n) is 9.55. The molecule has 0 spiro atoms. The molecule has 0 aliphatic rings. The summed E-state index contributed by atoms with van der Waals surface area (Å²) in [4.78, 5) is 58.6. The molecule has 0 aromatic rings. The van der Waals surface area contributed by atoms with Crippen molar-refractivity contribution in [3.05, 3.63) is 0 Å². The monoisotopic (exact) mass is 432 g/mol. The summed E-state index contributed by atoms with van der Waals surface area (Å²) >= 11 is 0. The van der Waals surface area contributed by atoms with Gasteiger partial charge in [-0.25, -0.2) is 4.79 Å². The lowest BCUT2D eigenvalue weighted by molar-refractivity contribution is -0.144. The number of carboxylic acid groups (broad SMARTS) is 2. The molecule has 0 radical (unpaired) electrons. The summed E-state index contributed by atoms with van der Waals surface area (Å²) < 4.78 is 0. The van der Waals surface area contributed by atoms with E-state index in [0.29, 0.717) is 6.42 Å². The minimum absolute atomic E-state index is 0.168. The summed E-state index contributed by atoms with van der Waals surface area (Å²) in [6.07, 6.45) is -1.86. The first-order chi connectivity index (χ1) is 13.8. The second kappa shape index (κ2) is 12.8. The summed E-state index contributed by atoms with van der Waals surface area (Å²) in [7, 11) is 0. The number of aliphatic hydroxyl groups excluding tert-OH is 1. The van der Waals surface area contributed by atoms with E-state index >= 15 is 0 Å². The maximum Gasteiger partial charge on any atom is 0.326 e. The van der Waals surface area contributed by atoms with Crippen LogP contribution in [0.2, 0.25) is 0 Å². The molecule has 0 aliphatic carbocycles. The summed E-state index contributed by atoms with van der Waals surface area (Å²) in [6.45, 7) is 6.34. The number of aliphatic carboxylic acids is 2. The van der Waals surface area contributed by atoms with Gasteiger partial charge in [-0.05, 0) is 32.6 Å². The maximum atomic E-state index is 12.4. The highest BCUT2D eigenvalue weighted by atomic mass is 16.4. The van der Waals surface area contributed by atoms with Gasteiger partial charge in [-0.3, -0.25) is 19.2 Å². The van der Waals surface area contributed by atoms with Crippen molar-refractivity contribution in [2.45, 2.75) is 77.2 Å². The minimum atomic E-state index is -1.52. The number of rotatable bonds is 13. The van der Waals surface area contributed by atoms with Crippen molar-refractivity contribution in [1.29, 1.82) is 0 Å². The Balaban J connectivity index is 5.01. The van der Waals surface area contributed by atoms with E-state index in [1.807, 2.05) is 13.8 Å². The van der Waals surface area contributed by atoms with Crippen molar-refractivity contribution in [3.8, 4) is 0 Å². The van der Waals surface area contributed by atoms with E-state index in [0.717, 1.165) is 0 Å². The Bertz CT molecular complexity index is 638. The average Bonchev–Trinajstić information content (AvgIpc) is 2.61. The van der Waals surface area contributed by atoms with Crippen LogP contribution >= 0.6 is 0 Å². The number of nitrogens with two attached hydrogens (primary N) is 1. The molecule has 5 atom stereocenters. The Hall–Kier alpha value is -2.73. The normalized spacial score (nSPS) is 16.0. The SMILES string of the molecule is CC(C)CC(N)C(=O)NC(C)C(=O)NC(C(=O)NC(CCC(=O)O)C(=O)O)C(C)O. The third kappa shape index (κ3) is 10.2. The Labute approximate surface area is 174 Å². The molecule has 8 N–H and O–H groups in total. The number of carbonyl (C=O) groups excluding carboxylic acids is 3. The molecule has 0 aliphatic heterocycles. The lowest BCUT2D eigenvalue weighted by Crippen LogP contribution is -2.59. The number of nitrogens with one attached hydrogen (secondary N) is 3. The number of hydrogen-bond acceptors (Lipinski definition) is 7.